The molecule has 13 atom stereocenters. The highest BCUT2D eigenvalue weighted by atomic mass is 16.7. The number of aliphatic hydroxyl groups excluding tert-OH is 1. The minimum absolute atomic E-state index is 0.00573. The Morgan fingerprint density at radius 3 is 2.21 bits per heavy atom. The van der Waals surface area contributed by atoms with E-state index in [1.807, 2.05) is 19.0 Å². The fraction of sp³-hybridized carbons (Fsp3) is 0.619. The van der Waals surface area contributed by atoms with Gasteiger partial charge in [0.2, 0.25) is 5.78 Å². The van der Waals surface area contributed by atoms with Crippen LogP contribution in [0.25, 0.3) is 0 Å². The number of fused-ring (bicyclic) bond motifs is 3. The number of carbonyl (C=O) groups is 4. The second-order valence-corrected chi connectivity index (χ2v) is 16.3. The first kappa shape index (κ1) is 42.3. The molecule has 4 N–H and O–H groups in total. The van der Waals surface area contributed by atoms with E-state index in [0.29, 0.717) is 12.8 Å². The predicted octanol–water partition coefficient (Wildman–Crippen LogP) is 3.16. The number of ketones is 3. The number of phenolic OH excluding ortho intramolecular Hbond substituents is 2. The van der Waals surface area contributed by atoms with Crippen molar-refractivity contribution in [2.75, 3.05) is 21.2 Å². The van der Waals surface area contributed by atoms with Crippen LogP contribution < -0.4 is 0 Å². The number of hydrogen-bond acceptors (Lipinski definition) is 16. The van der Waals surface area contributed by atoms with Crippen molar-refractivity contribution in [2.24, 2.45) is 0 Å². The Kier molecular flexibility index (Phi) is 11.9. The van der Waals surface area contributed by atoms with Crippen molar-refractivity contribution in [3.63, 3.8) is 0 Å². The summed E-state index contributed by atoms with van der Waals surface area (Å²) in [6.45, 7) is 6.95. The van der Waals surface area contributed by atoms with Gasteiger partial charge in [-0.15, -0.1) is 0 Å². The first-order valence-electron chi connectivity index (χ1n) is 19.9. The third-order valence-electron chi connectivity index (χ3n) is 12.4. The number of Topliss-reactive ketones (excluding diaryl/α,β-unsaturated/α-hetero) is 1. The summed E-state index contributed by atoms with van der Waals surface area (Å²) in [6, 6.07) is 5.11. The number of phenols is 2. The number of esters is 1. The number of nitrogens with zero attached hydrogens (tertiary/aromatic N) is 1. The van der Waals surface area contributed by atoms with E-state index in [1.165, 1.54) is 31.4 Å². The number of carbonyl (C=O) groups excluding carboxylic acids is 4. The van der Waals surface area contributed by atoms with Gasteiger partial charge in [-0.05, 0) is 59.0 Å². The Balaban J connectivity index is 1.13. The molecule has 5 aliphatic rings. The fourth-order valence-electron chi connectivity index (χ4n) is 9.27. The highest BCUT2D eigenvalue weighted by Crippen LogP contribution is 2.54. The van der Waals surface area contributed by atoms with Crippen molar-refractivity contribution in [3.05, 3.63) is 57.6 Å². The molecule has 0 spiro atoms. The van der Waals surface area contributed by atoms with Crippen molar-refractivity contribution >= 4 is 23.3 Å². The van der Waals surface area contributed by atoms with Crippen LogP contribution in [0.4, 0.5) is 0 Å². The van der Waals surface area contributed by atoms with Gasteiger partial charge in [0, 0.05) is 54.8 Å². The second-order valence-electron chi connectivity index (χ2n) is 16.3. The van der Waals surface area contributed by atoms with Gasteiger partial charge in [0.1, 0.15) is 35.7 Å². The zero-order chi connectivity index (χ0) is 42.0. The SMILES string of the molecule is CC[C@@]1(O)C[C@H](OC2CC(N(C)C)[C@H](O[C@@H]3C[C@H](O)[C@H](O[C@@H]4CCC(=O)[C@H](C)O4)[C@H](C)O3)[C@H](C)O2)c2c(cc3c(c2O)C(=O)c2c(O)cccc2C3=O)[C@H]1C(=O)OC. The maximum Gasteiger partial charge on any atom is 0.316 e. The third kappa shape index (κ3) is 7.47. The van der Waals surface area contributed by atoms with E-state index in [9.17, 15) is 39.6 Å². The first-order chi connectivity index (χ1) is 27.5. The summed E-state index contributed by atoms with van der Waals surface area (Å²) in [5.41, 5.74) is -2.49. The zero-order valence-corrected chi connectivity index (χ0v) is 33.7. The topological polar surface area (TPSA) is 217 Å². The van der Waals surface area contributed by atoms with Gasteiger partial charge in [-0.25, -0.2) is 0 Å². The average molecular weight is 812 g/mol. The molecule has 2 aromatic carbocycles. The number of hydrogen-bond donors (Lipinski definition) is 4. The minimum Gasteiger partial charge on any atom is -0.507 e. The summed E-state index contributed by atoms with van der Waals surface area (Å²) in [5, 5.41) is 45.9. The molecule has 316 valence electrons. The lowest BCUT2D eigenvalue weighted by Crippen LogP contribution is -2.58. The Morgan fingerprint density at radius 1 is 0.897 bits per heavy atom. The van der Waals surface area contributed by atoms with E-state index in [-0.39, 0.29) is 70.9 Å². The Hall–Kier alpha value is -3.84. The normalized spacial score (nSPS) is 36.3. The molecule has 2 unspecified atom stereocenters. The summed E-state index contributed by atoms with van der Waals surface area (Å²) in [5.74, 6) is -4.59. The summed E-state index contributed by atoms with van der Waals surface area (Å²) < 4.78 is 42.6. The molecular formula is C42H53NO15. The van der Waals surface area contributed by atoms with E-state index in [2.05, 4.69) is 0 Å². The fourth-order valence-corrected chi connectivity index (χ4v) is 9.27. The number of methoxy groups -OCH3 is 1. The molecule has 0 bridgehead atoms. The van der Waals surface area contributed by atoms with Gasteiger partial charge in [-0.2, -0.15) is 0 Å². The summed E-state index contributed by atoms with van der Waals surface area (Å²) in [7, 11) is 4.91. The molecule has 3 heterocycles. The molecule has 16 heteroatoms. The Morgan fingerprint density at radius 2 is 1.57 bits per heavy atom. The van der Waals surface area contributed by atoms with E-state index in [4.69, 9.17) is 33.2 Å². The largest absolute Gasteiger partial charge is 0.507 e. The van der Waals surface area contributed by atoms with Crippen LogP contribution in [0, 0.1) is 0 Å². The summed E-state index contributed by atoms with van der Waals surface area (Å²) >= 11 is 0. The lowest BCUT2D eigenvalue weighted by atomic mass is 9.67. The predicted molar refractivity (Wildman–Crippen MR) is 201 cm³/mol. The van der Waals surface area contributed by atoms with Crippen LogP contribution in [-0.4, -0.2) is 137 Å². The Labute approximate surface area is 336 Å². The average Bonchev–Trinajstić information content (AvgIpc) is 3.17. The van der Waals surface area contributed by atoms with Gasteiger partial charge < -0.3 is 58.5 Å². The van der Waals surface area contributed by atoms with Gasteiger partial charge in [0.05, 0.1) is 48.3 Å². The molecule has 7 rings (SSSR count). The van der Waals surface area contributed by atoms with Crippen LogP contribution in [0.15, 0.2) is 24.3 Å². The molecule has 0 amide bonds. The maximum absolute atomic E-state index is 13.9. The molecule has 3 fully saturated rings. The smallest absolute Gasteiger partial charge is 0.316 e. The van der Waals surface area contributed by atoms with Crippen molar-refractivity contribution in [2.45, 2.75) is 145 Å². The van der Waals surface area contributed by atoms with Crippen LogP contribution in [0.5, 0.6) is 11.5 Å². The summed E-state index contributed by atoms with van der Waals surface area (Å²) in [4.78, 5) is 55.0. The quantitative estimate of drug-likeness (QED) is 0.228. The molecule has 2 aromatic rings. The van der Waals surface area contributed by atoms with E-state index >= 15 is 0 Å². The molecule has 3 saturated heterocycles. The van der Waals surface area contributed by atoms with Crippen LogP contribution in [0.2, 0.25) is 0 Å². The van der Waals surface area contributed by atoms with Crippen molar-refractivity contribution < 1.29 is 72.8 Å². The van der Waals surface area contributed by atoms with Gasteiger partial charge >= 0.3 is 5.97 Å². The molecular weight excluding hydrogens is 758 g/mol. The molecule has 3 aliphatic heterocycles. The van der Waals surface area contributed by atoms with Crippen LogP contribution in [0.3, 0.4) is 0 Å². The first-order valence-corrected chi connectivity index (χ1v) is 19.9. The standard InChI is InChI=1S/C42H53NO15/c1-8-42(51)17-28(33-22(35(42)41(50)52-7)14-23-34(38(33)49)37(48)32-21(36(23)47)10-9-11-26(32)45)56-30-15-24(43(5)6)39(19(3)54-30)58-31-16-27(46)40(20(4)55-31)57-29-13-12-25(44)18(2)53-29/h9-11,14,18-20,24,27-31,35,39-40,45-46,49,51H,8,12-13,15-17H2,1-7H3/t18-,19-,20-,24?,27-,28-,29+,30?,31+,35-,39+,40+,42+/m0/s1. The molecule has 58 heavy (non-hydrogen) atoms. The number of aliphatic hydroxyl groups is 2. The van der Waals surface area contributed by atoms with E-state index < -0.39 is 102 Å². The Bertz CT molecular complexity index is 1940. The molecule has 2 aliphatic carbocycles. The minimum atomic E-state index is -1.76. The lowest BCUT2D eigenvalue weighted by Gasteiger charge is -2.48. The van der Waals surface area contributed by atoms with E-state index in [0.717, 1.165) is 0 Å². The van der Waals surface area contributed by atoms with Gasteiger partial charge in [-0.1, -0.05) is 19.1 Å². The number of aromatic hydroxyl groups is 2. The molecule has 16 nitrogen and oxygen atoms in total. The van der Waals surface area contributed by atoms with Gasteiger partial charge in [-0.3, -0.25) is 19.2 Å². The highest BCUT2D eigenvalue weighted by Gasteiger charge is 2.53. The van der Waals surface area contributed by atoms with Crippen molar-refractivity contribution in [1.29, 1.82) is 0 Å². The molecule has 0 aromatic heterocycles. The lowest BCUT2D eigenvalue weighted by molar-refractivity contribution is -0.324. The molecule has 0 radical (unpaired) electrons. The number of ether oxygens (including phenoxy) is 7. The third-order valence-corrected chi connectivity index (χ3v) is 12.4. The van der Waals surface area contributed by atoms with Gasteiger partial charge in [0.25, 0.3) is 0 Å². The second kappa shape index (κ2) is 16.3. The summed E-state index contributed by atoms with van der Waals surface area (Å²) in [6.07, 6.45) is -6.64. The van der Waals surface area contributed by atoms with Crippen LogP contribution in [0.1, 0.15) is 121 Å². The maximum atomic E-state index is 13.9. The van der Waals surface area contributed by atoms with Crippen LogP contribution >= 0.6 is 0 Å². The zero-order valence-electron chi connectivity index (χ0n) is 33.7. The van der Waals surface area contributed by atoms with Crippen LogP contribution in [-0.2, 0) is 42.7 Å². The number of likely N-dealkylation sites (N-methyl/N-ethyl adjacent to an activating group) is 1. The highest BCUT2D eigenvalue weighted by molar-refractivity contribution is 6.30. The van der Waals surface area contributed by atoms with Crippen molar-refractivity contribution in [3.8, 4) is 11.5 Å². The number of rotatable bonds is 9. The van der Waals surface area contributed by atoms with E-state index in [1.54, 1.807) is 27.7 Å². The van der Waals surface area contributed by atoms with Crippen molar-refractivity contribution in [1.82, 2.24) is 4.90 Å². The monoisotopic (exact) mass is 811 g/mol. The van der Waals surface area contributed by atoms with Gasteiger partial charge in [0.15, 0.2) is 30.4 Å². The number of benzene rings is 2. The molecule has 0 saturated carbocycles.